The first-order valence-electron chi connectivity index (χ1n) is 4.45. The quantitative estimate of drug-likeness (QED) is 0.488. The van der Waals surface area contributed by atoms with E-state index < -0.39 is 0 Å². The maximum Gasteiger partial charge on any atom is 0.226 e. The van der Waals surface area contributed by atoms with Gasteiger partial charge in [0.15, 0.2) is 5.75 Å². The van der Waals surface area contributed by atoms with Crippen molar-refractivity contribution in [3.63, 3.8) is 0 Å². The van der Waals surface area contributed by atoms with Crippen LogP contribution in [-0.4, -0.2) is 19.7 Å². The molecule has 0 bridgehead atoms. The third kappa shape index (κ3) is 2.17. The van der Waals surface area contributed by atoms with E-state index in [1.165, 1.54) is 6.07 Å². The molecular formula is C8H11N7O. The molecule has 0 spiro atoms. The summed E-state index contributed by atoms with van der Waals surface area (Å²) in [5.41, 5.74) is 7.84. The van der Waals surface area contributed by atoms with Crippen molar-refractivity contribution < 1.29 is 4.74 Å². The van der Waals surface area contributed by atoms with E-state index in [1.54, 1.807) is 24.1 Å². The molecule has 2 aromatic heterocycles. The highest BCUT2D eigenvalue weighted by Gasteiger charge is 2.04. The summed E-state index contributed by atoms with van der Waals surface area (Å²) in [6.45, 7) is 0. The van der Waals surface area contributed by atoms with E-state index in [4.69, 9.17) is 16.3 Å². The maximum atomic E-state index is 5.48. The summed E-state index contributed by atoms with van der Waals surface area (Å²) in [6.07, 6.45) is 3.27. The molecule has 0 amide bonds. The molecule has 16 heavy (non-hydrogen) atoms. The first-order valence-corrected chi connectivity index (χ1v) is 4.45. The Balaban J connectivity index is 2.24. The highest BCUT2D eigenvalue weighted by atomic mass is 16.5. The highest BCUT2D eigenvalue weighted by molar-refractivity contribution is 5.42. The summed E-state index contributed by atoms with van der Waals surface area (Å²) in [5.74, 6) is 6.53. The molecule has 0 aliphatic carbocycles. The molecule has 0 saturated carbocycles. The predicted molar refractivity (Wildman–Crippen MR) is 57.5 cm³/mol. The van der Waals surface area contributed by atoms with Crippen LogP contribution in [0.25, 0.3) is 0 Å². The Morgan fingerprint density at radius 2 is 2.25 bits per heavy atom. The van der Waals surface area contributed by atoms with Gasteiger partial charge in [0.05, 0.1) is 12.4 Å². The number of nitrogens with zero attached hydrogens (tertiary/aromatic N) is 4. The van der Waals surface area contributed by atoms with Gasteiger partial charge in [0, 0.05) is 13.1 Å². The summed E-state index contributed by atoms with van der Waals surface area (Å²) < 4.78 is 7.03. The number of nitrogens with two attached hydrogens (primary N) is 2. The highest BCUT2D eigenvalue weighted by Crippen LogP contribution is 2.20. The van der Waals surface area contributed by atoms with Gasteiger partial charge in [0.2, 0.25) is 11.8 Å². The van der Waals surface area contributed by atoms with Crippen LogP contribution >= 0.6 is 0 Å². The second-order valence-corrected chi connectivity index (χ2v) is 3.05. The fourth-order valence-corrected chi connectivity index (χ4v) is 1.14. The molecule has 8 nitrogen and oxygen atoms in total. The molecule has 2 aromatic rings. The van der Waals surface area contributed by atoms with Crippen molar-refractivity contribution in [1.29, 1.82) is 0 Å². The number of hydrazine groups is 1. The predicted octanol–water partition coefficient (Wildman–Crippen LogP) is -0.130. The number of ether oxygens (including phenoxy) is 1. The van der Waals surface area contributed by atoms with Gasteiger partial charge in [-0.25, -0.2) is 5.84 Å². The van der Waals surface area contributed by atoms with Crippen LogP contribution in [0.1, 0.15) is 0 Å². The smallest absolute Gasteiger partial charge is 0.226 e. The van der Waals surface area contributed by atoms with E-state index >= 15 is 0 Å². The van der Waals surface area contributed by atoms with Gasteiger partial charge in [-0.2, -0.15) is 15.1 Å². The molecule has 0 atom stereocenters. The van der Waals surface area contributed by atoms with E-state index in [0.29, 0.717) is 17.4 Å². The molecular weight excluding hydrogens is 210 g/mol. The zero-order valence-corrected chi connectivity index (χ0v) is 8.58. The van der Waals surface area contributed by atoms with Crippen molar-refractivity contribution in [2.75, 3.05) is 11.2 Å². The number of nitrogen functional groups attached to an aromatic ring is 2. The lowest BCUT2D eigenvalue weighted by Gasteiger charge is -2.04. The molecule has 0 aliphatic heterocycles. The van der Waals surface area contributed by atoms with Crippen LogP contribution in [0, 0.1) is 0 Å². The molecule has 8 heteroatoms. The lowest BCUT2D eigenvalue weighted by Crippen LogP contribution is -2.10. The fraction of sp³-hybridized carbons (Fsp3) is 0.125. The van der Waals surface area contributed by atoms with Crippen LogP contribution in [0.5, 0.6) is 11.6 Å². The molecule has 0 aromatic carbocycles. The molecule has 84 valence electrons. The van der Waals surface area contributed by atoms with E-state index in [9.17, 15) is 0 Å². The molecule has 0 aliphatic rings. The first kappa shape index (κ1) is 10.2. The van der Waals surface area contributed by atoms with Gasteiger partial charge in [-0.15, -0.1) is 0 Å². The Bertz CT molecular complexity index is 495. The first-order chi connectivity index (χ1) is 7.67. The van der Waals surface area contributed by atoms with Gasteiger partial charge in [-0.1, -0.05) is 0 Å². The number of nitrogens with one attached hydrogen (secondary N) is 1. The van der Waals surface area contributed by atoms with Gasteiger partial charge in [-0.3, -0.25) is 4.68 Å². The molecule has 0 unspecified atom stereocenters. The minimum Gasteiger partial charge on any atom is -0.435 e. The van der Waals surface area contributed by atoms with Gasteiger partial charge < -0.3 is 15.9 Å². The Morgan fingerprint density at radius 3 is 2.88 bits per heavy atom. The van der Waals surface area contributed by atoms with Crippen LogP contribution in [0.15, 0.2) is 18.5 Å². The van der Waals surface area contributed by atoms with Crippen LogP contribution in [0.2, 0.25) is 0 Å². The molecule has 2 rings (SSSR count). The normalized spacial score (nSPS) is 10.1. The zero-order valence-electron chi connectivity index (χ0n) is 8.58. The number of aromatic nitrogens is 4. The SMILES string of the molecule is Cn1cc(Oc2cc(NN)nc(N)n2)cn1. The van der Waals surface area contributed by atoms with Gasteiger partial charge in [0.25, 0.3) is 0 Å². The van der Waals surface area contributed by atoms with Gasteiger partial charge in [0.1, 0.15) is 5.82 Å². The van der Waals surface area contributed by atoms with Crippen molar-refractivity contribution in [2.24, 2.45) is 12.9 Å². The van der Waals surface area contributed by atoms with Crippen LogP contribution in [0.4, 0.5) is 11.8 Å². The maximum absolute atomic E-state index is 5.48. The number of hydrogen-bond acceptors (Lipinski definition) is 7. The number of aryl methyl sites for hydroxylation is 1. The topological polar surface area (TPSA) is 117 Å². The summed E-state index contributed by atoms with van der Waals surface area (Å²) >= 11 is 0. The van der Waals surface area contributed by atoms with E-state index in [0.717, 1.165) is 0 Å². The molecule has 0 saturated heterocycles. The number of rotatable bonds is 3. The number of hydrogen-bond donors (Lipinski definition) is 3. The lowest BCUT2D eigenvalue weighted by molar-refractivity contribution is 0.462. The molecule has 5 N–H and O–H groups in total. The Morgan fingerprint density at radius 1 is 1.44 bits per heavy atom. The van der Waals surface area contributed by atoms with Crippen molar-refractivity contribution in [3.05, 3.63) is 18.5 Å². The van der Waals surface area contributed by atoms with Crippen LogP contribution in [-0.2, 0) is 7.05 Å². The van der Waals surface area contributed by atoms with Gasteiger partial charge >= 0.3 is 0 Å². The van der Waals surface area contributed by atoms with Crippen molar-refractivity contribution in [1.82, 2.24) is 19.7 Å². The van der Waals surface area contributed by atoms with Crippen LogP contribution < -0.4 is 21.7 Å². The summed E-state index contributed by atoms with van der Waals surface area (Å²) in [6, 6.07) is 1.53. The second kappa shape index (κ2) is 4.03. The van der Waals surface area contributed by atoms with Crippen molar-refractivity contribution in [3.8, 4) is 11.6 Å². The van der Waals surface area contributed by atoms with Crippen molar-refractivity contribution in [2.45, 2.75) is 0 Å². The average molecular weight is 221 g/mol. The third-order valence-electron chi connectivity index (χ3n) is 1.77. The largest absolute Gasteiger partial charge is 0.435 e. The Labute approximate surface area is 91.2 Å². The van der Waals surface area contributed by atoms with E-state index in [-0.39, 0.29) is 5.95 Å². The Kier molecular flexibility index (Phi) is 2.56. The summed E-state index contributed by atoms with van der Waals surface area (Å²) in [4.78, 5) is 7.73. The van der Waals surface area contributed by atoms with E-state index in [2.05, 4.69) is 20.5 Å². The monoisotopic (exact) mass is 221 g/mol. The summed E-state index contributed by atoms with van der Waals surface area (Å²) in [5, 5.41) is 3.95. The fourth-order valence-electron chi connectivity index (χ4n) is 1.14. The standard InChI is InChI=1S/C8H11N7O/c1-15-4-5(3-11-15)16-7-2-6(14-10)12-8(9)13-7/h2-4H,10H2,1H3,(H3,9,12,13,14). The zero-order chi connectivity index (χ0) is 11.5. The lowest BCUT2D eigenvalue weighted by atomic mass is 10.5. The third-order valence-corrected chi connectivity index (χ3v) is 1.77. The molecule has 0 fully saturated rings. The van der Waals surface area contributed by atoms with Gasteiger partial charge in [-0.05, 0) is 0 Å². The van der Waals surface area contributed by atoms with Crippen molar-refractivity contribution >= 4 is 11.8 Å². The number of anilines is 2. The summed E-state index contributed by atoms with van der Waals surface area (Å²) in [7, 11) is 1.79. The second-order valence-electron chi connectivity index (χ2n) is 3.05. The molecule has 0 radical (unpaired) electrons. The minimum absolute atomic E-state index is 0.0781. The van der Waals surface area contributed by atoms with E-state index in [1.807, 2.05) is 0 Å². The molecule has 2 heterocycles. The minimum atomic E-state index is 0.0781. The Hall–Kier alpha value is -2.35. The average Bonchev–Trinajstić information content (AvgIpc) is 2.63. The van der Waals surface area contributed by atoms with Crippen LogP contribution in [0.3, 0.4) is 0 Å².